The Balaban J connectivity index is 2.00. The zero-order valence-electron chi connectivity index (χ0n) is 14.6. The summed E-state index contributed by atoms with van der Waals surface area (Å²) in [6.45, 7) is 0. The van der Waals surface area contributed by atoms with E-state index in [1.54, 1.807) is 32.2 Å². The van der Waals surface area contributed by atoms with Gasteiger partial charge in [0, 0.05) is 0 Å². The van der Waals surface area contributed by atoms with Crippen molar-refractivity contribution in [2.75, 3.05) is 21.3 Å². The van der Waals surface area contributed by atoms with Crippen LogP contribution in [0, 0.1) is 4.77 Å². The van der Waals surface area contributed by atoms with Gasteiger partial charge in [-0.1, -0.05) is 12.1 Å². The Hall–Kier alpha value is -3.13. The molecule has 0 aliphatic heterocycles. The summed E-state index contributed by atoms with van der Waals surface area (Å²) in [7, 11) is 4.79. The van der Waals surface area contributed by atoms with Crippen molar-refractivity contribution in [1.29, 1.82) is 0 Å². The van der Waals surface area contributed by atoms with E-state index in [0.717, 1.165) is 11.1 Å². The molecule has 134 valence electrons. The molecule has 1 aromatic heterocycles. The van der Waals surface area contributed by atoms with E-state index in [4.69, 9.17) is 26.4 Å². The number of aromatic amines is 1. The normalized spacial score (nSPS) is 10.9. The summed E-state index contributed by atoms with van der Waals surface area (Å²) >= 11 is 5.30. The van der Waals surface area contributed by atoms with Gasteiger partial charge in [-0.3, -0.25) is 0 Å². The first-order valence-electron chi connectivity index (χ1n) is 7.75. The van der Waals surface area contributed by atoms with E-state index in [1.165, 1.54) is 0 Å². The van der Waals surface area contributed by atoms with E-state index in [9.17, 15) is 0 Å². The van der Waals surface area contributed by atoms with Gasteiger partial charge in [-0.05, 0) is 48.1 Å². The molecule has 0 aliphatic rings. The third-order valence-electron chi connectivity index (χ3n) is 3.73. The van der Waals surface area contributed by atoms with Crippen LogP contribution in [0.5, 0.6) is 17.2 Å². The first-order valence-corrected chi connectivity index (χ1v) is 8.16. The molecule has 0 fully saturated rings. The van der Waals surface area contributed by atoms with Crippen LogP contribution in [0.4, 0.5) is 0 Å². The smallest absolute Gasteiger partial charge is 0.216 e. The van der Waals surface area contributed by atoms with Crippen LogP contribution in [-0.2, 0) is 0 Å². The van der Waals surface area contributed by atoms with Crippen LogP contribution in [0.3, 0.4) is 0 Å². The minimum absolute atomic E-state index is 0.377. The van der Waals surface area contributed by atoms with Gasteiger partial charge in [0.05, 0.1) is 33.1 Å². The maximum atomic E-state index is 5.40. The molecule has 1 N–H and O–H groups in total. The topological polar surface area (TPSA) is 73.7 Å². The second kappa shape index (κ2) is 7.83. The average Bonchev–Trinajstić information content (AvgIpc) is 3.06. The third-order valence-corrected chi connectivity index (χ3v) is 3.99. The molecule has 2 aromatic carbocycles. The monoisotopic (exact) mass is 370 g/mol. The number of methoxy groups -OCH3 is 3. The molecule has 0 saturated carbocycles. The molecule has 8 heteroatoms. The van der Waals surface area contributed by atoms with Crippen molar-refractivity contribution in [2.45, 2.75) is 0 Å². The van der Waals surface area contributed by atoms with Gasteiger partial charge < -0.3 is 14.2 Å². The second-order valence-corrected chi connectivity index (χ2v) is 5.61. The van der Waals surface area contributed by atoms with Gasteiger partial charge in [0.2, 0.25) is 4.77 Å². The van der Waals surface area contributed by atoms with Crippen LogP contribution in [-0.4, -0.2) is 42.4 Å². The van der Waals surface area contributed by atoms with E-state index < -0.39 is 0 Å². The van der Waals surface area contributed by atoms with E-state index in [-0.39, 0.29) is 0 Å². The molecule has 26 heavy (non-hydrogen) atoms. The Bertz CT molecular complexity index is 994. The fourth-order valence-corrected chi connectivity index (χ4v) is 2.64. The molecule has 0 spiro atoms. The highest BCUT2D eigenvalue weighted by molar-refractivity contribution is 7.71. The first kappa shape index (κ1) is 17.7. The van der Waals surface area contributed by atoms with Crippen LogP contribution >= 0.6 is 12.2 Å². The van der Waals surface area contributed by atoms with Gasteiger partial charge in [0.15, 0.2) is 17.3 Å². The average molecular weight is 370 g/mol. The molecule has 3 aromatic rings. The molecule has 3 rings (SSSR count). The van der Waals surface area contributed by atoms with Crippen molar-refractivity contribution >= 4 is 18.4 Å². The van der Waals surface area contributed by atoms with Gasteiger partial charge in [0.1, 0.15) is 5.75 Å². The lowest BCUT2D eigenvalue weighted by atomic mass is 10.2. The maximum absolute atomic E-state index is 5.40. The zero-order valence-corrected chi connectivity index (χ0v) is 15.4. The van der Waals surface area contributed by atoms with Crippen LogP contribution in [0.25, 0.3) is 11.4 Å². The molecule has 0 unspecified atom stereocenters. The van der Waals surface area contributed by atoms with Crippen molar-refractivity contribution in [1.82, 2.24) is 14.9 Å². The standard InChI is InChI=1S/C18H18N4O3S/c1-23-14-7-5-4-6-13(14)17-20-21-18(26)22(17)19-11-12-8-9-15(24-2)16(10-12)25-3/h4-11H,1-3H3,(H,21,26)/b19-11-. The summed E-state index contributed by atoms with van der Waals surface area (Å²) in [5, 5.41) is 11.5. The van der Waals surface area contributed by atoms with E-state index in [1.807, 2.05) is 42.5 Å². The number of hydrogen-bond donors (Lipinski definition) is 1. The Labute approximate surface area is 155 Å². The van der Waals surface area contributed by atoms with Crippen LogP contribution in [0.2, 0.25) is 0 Å². The molecule has 0 aliphatic carbocycles. The van der Waals surface area contributed by atoms with Gasteiger partial charge in [-0.15, -0.1) is 0 Å². The number of nitrogens with zero attached hydrogens (tertiary/aromatic N) is 3. The Morgan fingerprint density at radius 3 is 2.46 bits per heavy atom. The zero-order chi connectivity index (χ0) is 18.5. The van der Waals surface area contributed by atoms with Crippen molar-refractivity contribution in [3.8, 4) is 28.6 Å². The van der Waals surface area contributed by atoms with Gasteiger partial charge in [0.25, 0.3) is 0 Å². The Kier molecular flexibility index (Phi) is 5.33. The maximum Gasteiger partial charge on any atom is 0.216 e. The minimum atomic E-state index is 0.377. The number of aromatic nitrogens is 3. The summed E-state index contributed by atoms with van der Waals surface area (Å²) < 4.78 is 17.9. The SMILES string of the molecule is COc1ccc(/C=N\n2c(-c3ccccc3OC)n[nH]c2=S)cc1OC. The predicted octanol–water partition coefficient (Wildman–Crippen LogP) is 3.52. The molecule has 1 heterocycles. The number of benzene rings is 2. The molecule has 7 nitrogen and oxygen atoms in total. The first-order chi connectivity index (χ1) is 12.7. The molecular weight excluding hydrogens is 352 g/mol. The lowest BCUT2D eigenvalue weighted by molar-refractivity contribution is 0.355. The van der Waals surface area contributed by atoms with Crippen LogP contribution < -0.4 is 14.2 Å². The second-order valence-electron chi connectivity index (χ2n) is 5.22. The highest BCUT2D eigenvalue weighted by Gasteiger charge is 2.13. The molecule has 0 saturated heterocycles. The van der Waals surface area contributed by atoms with Gasteiger partial charge in [-0.25, -0.2) is 5.10 Å². The lowest BCUT2D eigenvalue weighted by Gasteiger charge is -2.08. The predicted molar refractivity (Wildman–Crippen MR) is 102 cm³/mol. The third kappa shape index (κ3) is 3.45. The van der Waals surface area contributed by atoms with Crippen molar-refractivity contribution in [3.63, 3.8) is 0 Å². The highest BCUT2D eigenvalue weighted by atomic mass is 32.1. The van der Waals surface area contributed by atoms with E-state index in [0.29, 0.717) is 27.8 Å². The van der Waals surface area contributed by atoms with E-state index in [2.05, 4.69) is 15.3 Å². The molecule has 0 amide bonds. The van der Waals surface area contributed by atoms with Gasteiger partial charge in [-0.2, -0.15) is 14.9 Å². The highest BCUT2D eigenvalue weighted by Crippen LogP contribution is 2.29. The summed E-state index contributed by atoms with van der Waals surface area (Å²) in [6.07, 6.45) is 1.67. The van der Waals surface area contributed by atoms with Crippen molar-refractivity contribution < 1.29 is 14.2 Å². The lowest BCUT2D eigenvalue weighted by Crippen LogP contribution is -1.97. The number of hydrogen-bond acceptors (Lipinski definition) is 6. The summed E-state index contributed by atoms with van der Waals surface area (Å²) in [6, 6.07) is 13.1. The van der Waals surface area contributed by atoms with E-state index >= 15 is 0 Å². The number of nitrogens with one attached hydrogen (secondary N) is 1. The quantitative estimate of drug-likeness (QED) is 0.531. The van der Waals surface area contributed by atoms with Crippen LogP contribution in [0.15, 0.2) is 47.6 Å². The fourth-order valence-electron chi connectivity index (χ4n) is 2.46. The number of rotatable bonds is 6. The summed E-state index contributed by atoms with van der Waals surface area (Å²) in [5.41, 5.74) is 1.61. The van der Waals surface area contributed by atoms with Crippen LogP contribution in [0.1, 0.15) is 5.56 Å². The molecular formula is C18H18N4O3S. The summed E-state index contributed by atoms with van der Waals surface area (Å²) in [4.78, 5) is 0. The Morgan fingerprint density at radius 2 is 1.73 bits per heavy atom. The fraction of sp³-hybridized carbons (Fsp3) is 0.167. The number of ether oxygens (including phenoxy) is 3. The Morgan fingerprint density at radius 1 is 1.00 bits per heavy atom. The largest absolute Gasteiger partial charge is 0.496 e. The molecule has 0 bridgehead atoms. The summed E-state index contributed by atoms with van der Waals surface area (Å²) in [5.74, 6) is 2.52. The van der Waals surface area contributed by atoms with Gasteiger partial charge >= 0.3 is 0 Å². The molecule has 0 radical (unpaired) electrons. The van der Waals surface area contributed by atoms with Crippen molar-refractivity contribution in [2.24, 2.45) is 5.10 Å². The van der Waals surface area contributed by atoms with Crippen molar-refractivity contribution in [3.05, 3.63) is 52.8 Å². The molecule has 0 atom stereocenters. The number of para-hydroxylation sites is 1. The minimum Gasteiger partial charge on any atom is -0.496 e. The number of H-pyrrole nitrogens is 1.